The van der Waals surface area contributed by atoms with E-state index < -0.39 is 7.47 Å². The van der Waals surface area contributed by atoms with Gasteiger partial charge in [-0.05, 0) is 25.3 Å². The Morgan fingerprint density at radius 1 is 1.60 bits per heavy atom. The minimum atomic E-state index is -1.33. The van der Waals surface area contributed by atoms with Gasteiger partial charge in [0.1, 0.15) is 0 Å². The fraction of sp³-hybridized carbons (Fsp3) is 1.00. The van der Waals surface area contributed by atoms with E-state index in [1.807, 2.05) is 18.3 Å². The first kappa shape index (κ1) is 11.0. The first-order chi connectivity index (χ1) is 4.68. The Morgan fingerprint density at radius 2 is 2.20 bits per heavy atom. The van der Waals surface area contributed by atoms with Crippen molar-refractivity contribution in [3.8, 4) is 0 Å². The van der Waals surface area contributed by atoms with Crippen molar-refractivity contribution >= 4 is 34.6 Å². The summed E-state index contributed by atoms with van der Waals surface area (Å²) in [6.07, 6.45) is 3.38. The Balaban J connectivity index is 3.58. The standard InChI is InChI=1S/C6H15BrOSSi/c1-8-10(3,9-2)6-4-5-7/h4-6H2,1-3H3. The van der Waals surface area contributed by atoms with Crippen LogP contribution < -0.4 is 0 Å². The minimum absolute atomic E-state index is 1.10. The summed E-state index contributed by atoms with van der Waals surface area (Å²) in [5, 5.41) is 1.10. The topological polar surface area (TPSA) is 9.23 Å². The first-order valence-corrected chi connectivity index (χ1v) is 9.03. The summed E-state index contributed by atoms with van der Waals surface area (Å²) in [5.41, 5.74) is 0. The lowest BCUT2D eigenvalue weighted by atomic mass is 10.6. The number of hydrogen-bond acceptors (Lipinski definition) is 2. The molecule has 0 heterocycles. The lowest BCUT2D eigenvalue weighted by molar-refractivity contribution is 0.417. The van der Waals surface area contributed by atoms with Crippen molar-refractivity contribution in [2.24, 2.45) is 0 Å². The molecule has 0 amide bonds. The van der Waals surface area contributed by atoms with Crippen LogP contribution in [0.5, 0.6) is 0 Å². The monoisotopic (exact) mass is 242 g/mol. The molecule has 0 rings (SSSR count). The number of halogens is 1. The lowest BCUT2D eigenvalue weighted by Gasteiger charge is -2.21. The van der Waals surface area contributed by atoms with Crippen molar-refractivity contribution in [2.75, 3.05) is 18.7 Å². The average molecular weight is 243 g/mol. The van der Waals surface area contributed by atoms with E-state index in [-0.39, 0.29) is 0 Å². The first-order valence-electron chi connectivity index (χ1n) is 3.35. The van der Waals surface area contributed by atoms with Crippen LogP contribution in [0.1, 0.15) is 6.42 Å². The van der Waals surface area contributed by atoms with Crippen molar-refractivity contribution in [3.05, 3.63) is 0 Å². The predicted octanol–water partition coefficient (Wildman–Crippen LogP) is 2.85. The smallest absolute Gasteiger partial charge is 0.250 e. The highest BCUT2D eigenvalue weighted by atomic mass is 79.9. The van der Waals surface area contributed by atoms with Crippen LogP contribution in [0.3, 0.4) is 0 Å². The van der Waals surface area contributed by atoms with Crippen molar-refractivity contribution in [2.45, 2.75) is 19.0 Å². The van der Waals surface area contributed by atoms with Gasteiger partial charge in [-0.1, -0.05) is 15.9 Å². The molecule has 62 valence electrons. The molecule has 0 aliphatic heterocycles. The van der Waals surface area contributed by atoms with Gasteiger partial charge in [0.15, 0.2) is 0 Å². The normalized spacial score (nSPS) is 16.8. The Labute approximate surface area is 76.8 Å². The third-order valence-electron chi connectivity index (χ3n) is 1.63. The van der Waals surface area contributed by atoms with E-state index in [1.54, 1.807) is 0 Å². The summed E-state index contributed by atoms with van der Waals surface area (Å²) >= 11 is 5.33. The highest BCUT2D eigenvalue weighted by Gasteiger charge is 2.25. The Morgan fingerprint density at radius 3 is 2.50 bits per heavy atom. The van der Waals surface area contributed by atoms with Crippen molar-refractivity contribution < 1.29 is 4.43 Å². The van der Waals surface area contributed by atoms with E-state index in [0.29, 0.717) is 0 Å². The van der Waals surface area contributed by atoms with Crippen LogP contribution in [0.25, 0.3) is 0 Å². The molecule has 1 unspecified atom stereocenters. The molecular formula is C6H15BrOSSi. The van der Waals surface area contributed by atoms with Crippen LogP contribution in [0, 0.1) is 0 Å². The van der Waals surface area contributed by atoms with E-state index in [9.17, 15) is 0 Å². The van der Waals surface area contributed by atoms with Crippen LogP contribution in [-0.4, -0.2) is 26.2 Å². The van der Waals surface area contributed by atoms with E-state index >= 15 is 0 Å². The molecular weight excluding hydrogens is 228 g/mol. The third-order valence-corrected chi connectivity index (χ3v) is 8.88. The van der Waals surface area contributed by atoms with Crippen LogP contribution in [0.15, 0.2) is 0 Å². The van der Waals surface area contributed by atoms with Gasteiger partial charge in [0.05, 0.1) is 0 Å². The molecule has 4 heteroatoms. The minimum Gasteiger partial charge on any atom is -0.410 e. The molecule has 0 spiro atoms. The van der Waals surface area contributed by atoms with Crippen LogP contribution in [-0.2, 0) is 4.43 Å². The van der Waals surface area contributed by atoms with Crippen LogP contribution in [0.2, 0.25) is 12.6 Å². The van der Waals surface area contributed by atoms with Gasteiger partial charge >= 0.3 is 0 Å². The molecule has 0 saturated carbocycles. The fourth-order valence-corrected chi connectivity index (χ4v) is 4.41. The molecule has 0 aliphatic carbocycles. The third kappa shape index (κ3) is 4.01. The average Bonchev–Trinajstić information content (AvgIpc) is 2.00. The van der Waals surface area contributed by atoms with E-state index in [1.165, 1.54) is 12.5 Å². The summed E-state index contributed by atoms with van der Waals surface area (Å²) in [4.78, 5) is 0. The maximum atomic E-state index is 5.47. The van der Waals surface area contributed by atoms with Gasteiger partial charge < -0.3 is 4.43 Å². The molecule has 0 aromatic heterocycles. The Bertz CT molecular complexity index is 87.8. The van der Waals surface area contributed by atoms with Gasteiger partial charge in [0.2, 0.25) is 7.47 Å². The number of rotatable bonds is 5. The molecule has 0 aromatic rings. The second-order valence-corrected chi connectivity index (χ2v) is 10.5. The van der Waals surface area contributed by atoms with Gasteiger partial charge in [-0.25, -0.2) is 0 Å². The second-order valence-electron chi connectivity index (χ2n) is 2.33. The van der Waals surface area contributed by atoms with Crippen molar-refractivity contribution in [1.82, 2.24) is 0 Å². The van der Waals surface area contributed by atoms with Crippen molar-refractivity contribution in [3.63, 3.8) is 0 Å². The Hall–Kier alpha value is 1.01. The van der Waals surface area contributed by atoms with E-state index in [2.05, 4.69) is 28.7 Å². The summed E-state index contributed by atoms with van der Waals surface area (Å²) in [6.45, 7) is 2.26. The molecule has 1 nitrogen and oxygen atoms in total. The number of hydrogen-bond donors (Lipinski definition) is 0. The van der Waals surface area contributed by atoms with Gasteiger partial charge in [-0.3, -0.25) is 0 Å². The highest BCUT2D eigenvalue weighted by Crippen LogP contribution is 2.24. The SMILES string of the molecule is CO[Si](C)(CCCBr)SC. The molecule has 0 bridgehead atoms. The quantitative estimate of drug-likeness (QED) is 0.542. The molecule has 0 aromatic carbocycles. The molecule has 0 aliphatic rings. The molecule has 10 heavy (non-hydrogen) atoms. The summed E-state index contributed by atoms with van der Waals surface area (Å²) in [7, 11) is 0.499. The zero-order valence-corrected chi connectivity index (χ0v) is 10.2. The van der Waals surface area contributed by atoms with Gasteiger partial charge in [-0.15, -0.1) is 0 Å². The summed E-state index contributed by atoms with van der Waals surface area (Å²) in [5.74, 6) is 0. The molecule has 0 saturated heterocycles. The maximum absolute atomic E-state index is 5.47. The summed E-state index contributed by atoms with van der Waals surface area (Å²) < 4.78 is 5.47. The second kappa shape index (κ2) is 5.63. The lowest BCUT2D eigenvalue weighted by Crippen LogP contribution is -2.28. The van der Waals surface area contributed by atoms with E-state index in [4.69, 9.17) is 4.43 Å². The molecule has 1 atom stereocenters. The molecule has 0 radical (unpaired) electrons. The van der Waals surface area contributed by atoms with Crippen molar-refractivity contribution in [1.29, 1.82) is 0 Å². The highest BCUT2D eigenvalue weighted by molar-refractivity contribution is 9.09. The van der Waals surface area contributed by atoms with Crippen LogP contribution in [0.4, 0.5) is 0 Å². The van der Waals surface area contributed by atoms with Gasteiger partial charge in [-0.2, -0.15) is 11.2 Å². The molecule has 0 fully saturated rings. The largest absolute Gasteiger partial charge is 0.410 e. The van der Waals surface area contributed by atoms with Crippen LogP contribution >= 0.6 is 27.1 Å². The fourth-order valence-electron chi connectivity index (χ4n) is 0.675. The zero-order valence-electron chi connectivity index (χ0n) is 6.82. The van der Waals surface area contributed by atoms with Gasteiger partial charge in [0.25, 0.3) is 0 Å². The zero-order chi connectivity index (χ0) is 8.04. The Kier molecular flexibility index (Phi) is 6.20. The van der Waals surface area contributed by atoms with Gasteiger partial charge in [0, 0.05) is 12.4 Å². The summed E-state index contributed by atoms with van der Waals surface area (Å²) in [6, 6.07) is 1.25. The van der Waals surface area contributed by atoms with E-state index in [0.717, 1.165) is 5.33 Å². The molecule has 0 N–H and O–H groups in total. The predicted molar refractivity (Wildman–Crippen MR) is 55.4 cm³/mol. The maximum Gasteiger partial charge on any atom is 0.250 e. The number of alkyl halides is 1.